The van der Waals surface area contributed by atoms with Crippen molar-refractivity contribution in [2.45, 2.75) is 56.2 Å². The van der Waals surface area contributed by atoms with Crippen LogP contribution in [0.4, 0.5) is 0 Å². The zero-order chi connectivity index (χ0) is 21.6. The van der Waals surface area contributed by atoms with Crippen molar-refractivity contribution in [2.75, 3.05) is 12.9 Å². The largest absolute Gasteiger partial charge is 0.493 e. The predicted octanol–water partition coefficient (Wildman–Crippen LogP) is 2.75. The first-order chi connectivity index (χ1) is 15.2. The molecule has 2 aromatic rings. The van der Waals surface area contributed by atoms with Gasteiger partial charge in [0, 0.05) is 18.3 Å². The number of aromatic nitrogens is 3. The lowest BCUT2D eigenvalue weighted by atomic mass is 9.82. The molecular weight excluding hydrogens is 414 g/mol. The number of para-hydroxylation sites is 2. The van der Waals surface area contributed by atoms with Crippen molar-refractivity contribution in [3.05, 3.63) is 42.7 Å². The van der Waals surface area contributed by atoms with E-state index < -0.39 is 0 Å². The smallest absolute Gasteiger partial charge is 0.225 e. The molecule has 2 heterocycles. The van der Waals surface area contributed by atoms with Gasteiger partial charge in [-0.05, 0) is 25.0 Å². The fourth-order valence-corrected chi connectivity index (χ4v) is 5.13. The lowest BCUT2D eigenvalue weighted by Crippen LogP contribution is -2.62. The molecule has 1 saturated carbocycles. The van der Waals surface area contributed by atoms with Crippen LogP contribution in [0.15, 0.2) is 42.1 Å². The monoisotopic (exact) mass is 443 g/mol. The van der Waals surface area contributed by atoms with E-state index in [9.17, 15) is 4.79 Å². The van der Waals surface area contributed by atoms with Gasteiger partial charge in [0.2, 0.25) is 5.91 Å². The van der Waals surface area contributed by atoms with E-state index in [0.29, 0.717) is 29.6 Å². The highest BCUT2D eigenvalue weighted by Gasteiger charge is 2.37. The third-order valence-electron chi connectivity index (χ3n) is 5.74. The molecule has 2 fully saturated rings. The summed E-state index contributed by atoms with van der Waals surface area (Å²) in [6.45, 7) is 4.70. The molecule has 2 N–H and O–H groups in total. The number of carbonyl (C=O) groups is 1. The van der Waals surface area contributed by atoms with Crippen molar-refractivity contribution in [3.8, 4) is 11.5 Å². The number of allylic oxidation sites excluding steroid dienone is 1. The molecule has 1 amide bonds. The number of nitrogens with one attached hydrogen (secondary N) is 2. The third kappa shape index (κ3) is 5.04. The highest BCUT2D eigenvalue weighted by atomic mass is 32.2. The second kappa shape index (κ2) is 10.2. The maximum atomic E-state index is 12.5. The Morgan fingerprint density at radius 1 is 1.26 bits per heavy atom. The Kier molecular flexibility index (Phi) is 7.14. The van der Waals surface area contributed by atoms with Gasteiger partial charge >= 0.3 is 0 Å². The predicted molar refractivity (Wildman–Crippen MR) is 119 cm³/mol. The number of thioether (sulfide) groups is 1. The number of methoxy groups -OCH3 is 1. The van der Waals surface area contributed by atoms with Crippen LogP contribution in [0.2, 0.25) is 0 Å². The molecule has 0 spiro atoms. The summed E-state index contributed by atoms with van der Waals surface area (Å²) in [6.07, 6.45) is 6.11. The maximum Gasteiger partial charge on any atom is 0.225 e. The van der Waals surface area contributed by atoms with E-state index in [1.165, 1.54) is 6.42 Å². The molecule has 0 radical (unpaired) electrons. The molecule has 1 aromatic carbocycles. The fourth-order valence-electron chi connectivity index (χ4n) is 4.20. The van der Waals surface area contributed by atoms with Crippen LogP contribution in [0.3, 0.4) is 0 Å². The van der Waals surface area contributed by atoms with E-state index in [1.54, 1.807) is 18.9 Å². The lowest BCUT2D eigenvalue weighted by Gasteiger charge is -2.40. The van der Waals surface area contributed by atoms with Gasteiger partial charge in [0.1, 0.15) is 6.61 Å². The van der Waals surface area contributed by atoms with E-state index in [4.69, 9.17) is 9.47 Å². The van der Waals surface area contributed by atoms with E-state index in [-0.39, 0.29) is 30.6 Å². The minimum Gasteiger partial charge on any atom is -0.493 e. The van der Waals surface area contributed by atoms with Gasteiger partial charge in [-0.3, -0.25) is 14.7 Å². The van der Waals surface area contributed by atoms with Gasteiger partial charge in [0.25, 0.3) is 0 Å². The van der Waals surface area contributed by atoms with Crippen LogP contribution < -0.4 is 20.1 Å². The Labute approximate surface area is 186 Å². The van der Waals surface area contributed by atoms with Crippen molar-refractivity contribution < 1.29 is 14.3 Å². The molecule has 3 unspecified atom stereocenters. The normalized spacial score (nSPS) is 23.0. The molecule has 4 rings (SSSR count). The van der Waals surface area contributed by atoms with E-state index in [2.05, 4.69) is 27.4 Å². The average molecular weight is 444 g/mol. The number of fused-ring (bicyclic) bond motifs is 1. The first-order valence-electron chi connectivity index (χ1n) is 10.7. The van der Waals surface area contributed by atoms with Gasteiger partial charge in [-0.15, -0.1) is 16.8 Å². The van der Waals surface area contributed by atoms with E-state index in [1.807, 2.05) is 34.9 Å². The van der Waals surface area contributed by atoms with Crippen LogP contribution in [0.25, 0.3) is 0 Å². The number of nitrogens with zero attached hydrogens (tertiary/aromatic N) is 3. The Hall–Kier alpha value is -2.52. The third-order valence-corrected chi connectivity index (χ3v) is 6.80. The van der Waals surface area contributed by atoms with E-state index >= 15 is 0 Å². The highest BCUT2D eigenvalue weighted by molar-refractivity contribution is 7.99. The van der Waals surface area contributed by atoms with Crippen molar-refractivity contribution in [1.29, 1.82) is 0 Å². The summed E-state index contributed by atoms with van der Waals surface area (Å²) in [7, 11) is 1.62. The summed E-state index contributed by atoms with van der Waals surface area (Å²) >= 11 is 1.57. The van der Waals surface area contributed by atoms with Gasteiger partial charge in [0.05, 0.1) is 19.2 Å². The molecule has 1 aromatic heterocycles. The quantitative estimate of drug-likeness (QED) is 0.455. The molecule has 3 atom stereocenters. The second-order valence-corrected chi connectivity index (χ2v) is 8.76. The molecular formula is C22H29N5O3S. The second-order valence-electron chi connectivity index (χ2n) is 7.77. The molecule has 0 bridgehead atoms. The number of carbonyl (C=O) groups excluding carboxylic acids is 1. The van der Waals surface area contributed by atoms with Crippen molar-refractivity contribution in [2.24, 2.45) is 5.92 Å². The topological polar surface area (TPSA) is 90.3 Å². The molecule has 166 valence electrons. The van der Waals surface area contributed by atoms with Crippen LogP contribution in [0.1, 0.15) is 31.5 Å². The van der Waals surface area contributed by atoms with Crippen LogP contribution in [0.5, 0.6) is 11.5 Å². The Morgan fingerprint density at radius 2 is 2.06 bits per heavy atom. The van der Waals surface area contributed by atoms with Crippen LogP contribution in [-0.4, -0.2) is 45.7 Å². The number of hydrogen-bond donors (Lipinski definition) is 2. The minimum absolute atomic E-state index is 0.0704. The summed E-state index contributed by atoms with van der Waals surface area (Å²) in [5.74, 6) is 3.00. The first-order valence-corrected chi connectivity index (χ1v) is 11.7. The Bertz CT molecular complexity index is 918. The van der Waals surface area contributed by atoms with Gasteiger partial charge in [-0.2, -0.15) is 0 Å². The van der Waals surface area contributed by atoms with E-state index in [0.717, 1.165) is 24.4 Å². The molecule has 1 aliphatic heterocycles. The minimum atomic E-state index is -0.0704. The van der Waals surface area contributed by atoms with Crippen LogP contribution in [0, 0.1) is 5.92 Å². The number of hydrogen-bond acceptors (Lipinski definition) is 7. The fraction of sp³-hybridized carbons (Fsp3) is 0.500. The van der Waals surface area contributed by atoms with Gasteiger partial charge in [0.15, 0.2) is 22.5 Å². The molecule has 2 aliphatic rings. The average Bonchev–Trinajstić information content (AvgIpc) is 3.18. The molecule has 1 aliphatic carbocycles. The van der Waals surface area contributed by atoms with Crippen molar-refractivity contribution in [3.63, 3.8) is 0 Å². The van der Waals surface area contributed by atoms with Gasteiger partial charge < -0.3 is 14.8 Å². The SMILES string of the molecule is C=CCn1c(COc2ccccc2OC)nnc1SCC1NC(=O)C2CCCCC2N1. The maximum absolute atomic E-state index is 12.5. The van der Waals surface area contributed by atoms with Crippen molar-refractivity contribution in [1.82, 2.24) is 25.4 Å². The standard InChI is InChI=1S/C22H29N5O3S/c1-3-12-27-20(13-30-18-11-7-6-10-17(18)29-2)25-26-22(27)31-14-19-23-16-9-5-4-8-15(16)21(28)24-19/h3,6-7,10-11,15-16,19,23H,1,4-5,8-9,12-14H2,2H3,(H,24,28). The number of ether oxygens (including phenoxy) is 2. The Balaban J connectivity index is 1.39. The Morgan fingerprint density at radius 3 is 2.87 bits per heavy atom. The summed E-state index contributed by atoms with van der Waals surface area (Å²) in [6, 6.07) is 7.79. The first kappa shape index (κ1) is 21.7. The lowest BCUT2D eigenvalue weighted by molar-refractivity contribution is -0.130. The molecule has 8 nitrogen and oxygen atoms in total. The van der Waals surface area contributed by atoms with Crippen LogP contribution >= 0.6 is 11.8 Å². The zero-order valence-corrected chi connectivity index (χ0v) is 18.6. The summed E-state index contributed by atoms with van der Waals surface area (Å²) in [4.78, 5) is 12.5. The summed E-state index contributed by atoms with van der Waals surface area (Å²) in [5.41, 5.74) is 0. The van der Waals surface area contributed by atoms with Gasteiger partial charge in [-0.1, -0.05) is 42.8 Å². The number of benzene rings is 1. The zero-order valence-electron chi connectivity index (χ0n) is 17.8. The van der Waals surface area contributed by atoms with Crippen LogP contribution in [-0.2, 0) is 17.9 Å². The molecule has 31 heavy (non-hydrogen) atoms. The molecule has 1 saturated heterocycles. The van der Waals surface area contributed by atoms with Gasteiger partial charge in [-0.25, -0.2) is 0 Å². The highest BCUT2D eigenvalue weighted by Crippen LogP contribution is 2.29. The summed E-state index contributed by atoms with van der Waals surface area (Å²) < 4.78 is 13.2. The van der Waals surface area contributed by atoms with Crippen molar-refractivity contribution >= 4 is 17.7 Å². The summed E-state index contributed by atoms with van der Waals surface area (Å²) in [5, 5.41) is 16.2. The number of rotatable bonds is 9. The molecule has 9 heteroatoms. The number of amides is 1.